The first kappa shape index (κ1) is 13.1. The van der Waals surface area contributed by atoms with Crippen LogP contribution in [0.5, 0.6) is 0 Å². The number of ether oxygens (including phenoxy) is 1. The van der Waals surface area contributed by atoms with Crippen molar-refractivity contribution in [3.8, 4) is 0 Å². The van der Waals surface area contributed by atoms with Crippen LogP contribution in [0, 0.1) is 0 Å². The molecular weight excluding hydrogens is 237 g/mol. The Morgan fingerprint density at radius 1 is 1.35 bits per heavy atom. The third kappa shape index (κ3) is 4.21. The van der Waals surface area contributed by atoms with Crippen LogP contribution in [0.25, 0.3) is 0 Å². The highest BCUT2D eigenvalue weighted by Crippen LogP contribution is 2.34. The number of nitrogens with two attached hydrogens (primary N) is 1. The largest absolute Gasteiger partial charge is 0.448 e. The fourth-order valence-electron chi connectivity index (χ4n) is 1.22. The number of alkyl halides is 3. The molecule has 0 aliphatic carbocycles. The van der Waals surface area contributed by atoms with Gasteiger partial charge in [0.15, 0.2) is 0 Å². The molecule has 17 heavy (non-hydrogen) atoms. The van der Waals surface area contributed by atoms with E-state index in [2.05, 4.69) is 10.1 Å². The molecule has 0 unspecified atom stereocenters. The molecule has 0 saturated heterocycles. The minimum absolute atomic E-state index is 0.0516. The van der Waals surface area contributed by atoms with Gasteiger partial charge in [0.2, 0.25) is 0 Å². The van der Waals surface area contributed by atoms with Crippen molar-refractivity contribution >= 4 is 11.8 Å². The molecular formula is C10H11F3N2O2. The Hall–Kier alpha value is -1.92. The van der Waals surface area contributed by atoms with Crippen LogP contribution in [0.15, 0.2) is 24.3 Å². The highest BCUT2D eigenvalue weighted by atomic mass is 19.4. The fourth-order valence-corrected chi connectivity index (χ4v) is 1.22. The zero-order valence-electron chi connectivity index (χ0n) is 8.75. The second-order valence-electron chi connectivity index (χ2n) is 3.14. The van der Waals surface area contributed by atoms with Crippen molar-refractivity contribution in [3.63, 3.8) is 0 Å². The summed E-state index contributed by atoms with van der Waals surface area (Å²) in [6.07, 6.45) is -5.38. The van der Waals surface area contributed by atoms with Crippen LogP contribution in [-0.2, 0) is 10.9 Å². The van der Waals surface area contributed by atoms with E-state index in [1.807, 2.05) is 0 Å². The van der Waals surface area contributed by atoms with Gasteiger partial charge in [-0.1, -0.05) is 12.1 Å². The van der Waals surface area contributed by atoms with Crippen molar-refractivity contribution in [3.05, 3.63) is 29.8 Å². The van der Waals surface area contributed by atoms with Crippen LogP contribution in [0.1, 0.15) is 5.56 Å². The molecule has 0 spiro atoms. The van der Waals surface area contributed by atoms with E-state index in [-0.39, 0.29) is 18.8 Å². The molecule has 0 heterocycles. The molecule has 0 aliphatic heterocycles. The summed E-state index contributed by atoms with van der Waals surface area (Å²) in [5, 5.41) is 2.52. The number of anilines is 1. The molecule has 1 amide bonds. The van der Waals surface area contributed by atoms with E-state index < -0.39 is 17.8 Å². The lowest BCUT2D eigenvalue weighted by Gasteiger charge is -2.13. The molecule has 0 fully saturated rings. The molecule has 1 aromatic carbocycles. The van der Waals surface area contributed by atoms with Crippen molar-refractivity contribution in [1.29, 1.82) is 0 Å². The van der Waals surface area contributed by atoms with Crippen LogP contribution in [0.2, 0.25) is 0 Å². The van der Waals surface area contributed by atoms with Gasteiger partial charge in [-0.3, -0.25) is 0 Å². The third-order valence-electron chi connectivity index (χ3n) is 1.89. The quantitative estimate of drug-likeness (QED) is 0.803. The SMILES string of the molecule is NC(=O)OCCNc1ccccc1C(F)(F)F. The Bertz CT molecular complexity index is 393. The van der Waals surface area contributed by atoms with E-state index in [0.717, 1.165) is 6.07 Å². The summed E-state index contributed by atoms with van der Waals surface area (Å²) in [7, 11) is 0. The Labute approximate surface area is 95.6 Å². The molecule has 0 radical (unpaired) electrons. The first-order valence-corrected chi connectivity index (χ1v) is 4.73. The van der Waals surface area contributed by atoms with E-state index in [4.69, 9.17) is 5.73 Å². The zero-order chi connectivity index (χ0) is 12.9. The summed E-state index contributed by atoms with van der Waals surface area (Å²) in [4.78, 5) is 10.2. The highest BCUT2D eigenvalue weighted by molar-refractivity contribution is 5.64. The predicted octanol–water partition coefficient (Wildman–Crippen LogP) is 2.21. The van der Waals surface area contributed by atoms with Gasteiger partial charge in [0.1, 0.15) is 6.61 Å². The second-order valence-corrected chi connectivity index (χ2v) is 3.14. The topological polar surface area (TPSA) is 64.4 Å². The normalized spacial score (nSPS) is 11.0. The Morgan fingerprint density at radius 2 is 2.00 bits per heavy atom. The average Bonchev–Trinajstić information content (AvgIpc) is 2.23. The number of carbonyl (C=O) groups excluding carboxylic acids is 1. The lowest BCUT2D eigenvalue weighted by atomic mass is 10.1. The summed E-state index contributed by atoms with van der Waals surface area (Å²) in [6.45, 7) is -0.0441. The number of primary amides is 1. The van der Waals surface area contributed by atoms with Crippen molar-refractivity contribution < 1.29 is 22.7 Å². The molecule has 7 heteroatoms. The lowest BCUT2D eigenvalue weighted by molar-refractivity contribution is -0.137. The predicted molar refractivity (Wildman–Crippen MR) is 55.5 cm³/mol. The summed E-state index contributed by atoms with van der Waals surface area (Å²) in [6, 6.07) is 5.05. The Balaban J connectivity index is 2.62. The standard InChI is InChI=1S/C10H11F3N2O2/c11-10(12,13)7-3-1-2-4-8(7)15-5-6-17-9(14)16/h1-4,15H,5-6H2,(H2,14,16). The maximum absolute atomic E-state index is 12.5. The Morgan fingerprint density at radius 3 is 2.59 bits per heavy atom. The van der Waals surface area contributed by atoms with Crippen LogP contribution in [0.4, 0.5) is 23.7 Å². The smallest absolute Gasteiger partial charge is 0.418 e. The van der Waals surface area contributed by atoms with Crippen molar-refractivity contribution in [2.75, 3.05) is 18.5 Å². The van der Waals surface area contributed by atoms with Crippen LogP contribution in [0.3, 0.4) is 0 Å². The number of hydrogen-bond donors (Lipinski definition) is 2. The van der Waals surface area contributed by atoms with E-state index in [9.17, 15) is 18.0 Å². The number of carbonyl (C=O) groups is 1. The molecule has 0 aliphatic rings. The van der Waals surface area contributed by atoms with Gasteiger partial charge in [-0.25, -0.2) is 4.79 Å². The summed E-state index contributed by atoms with van der Waals surface area (Å²) < 4.78 is 42.0. The first-order valence-electron chi connectivity index (χ1n) is 4.73. The summed E-state index contributed by atoms with van der Waals surface area (Å²) in [5.41, 5.74) is 3.88. The van der Waals surface area contributed by atoms with E-state index in [0.29, 0.717) is 0 Å². The molecule has 1 aromatic rings. The maximum atomic E-state index is 12.5. The van der Waals surface area contributed by atoms with Gasteiger partial charge in [0.25, 0.3) is 0 Å². The van der Waals surface area contributed by atoms with Gasteiger partial charge in [0.05, 0.1) is 5.56 Å². The van der Waals surface area contributed by atoms with E-state index >= 15 is 0 Å². The number of hydrogen-bond acceptors (Lipinski definition) is 3. The number of halogens is 3. The van der Waals surface area contributed by atoms with Crippen molar-refractivity contribution in [2.45, 2.75) is 6.18 Å². The van der Waals surface area contributed by atoms with Crippen LogP contribution in [-0.4, -0.2) is 19.2 Å². The number of amides is 1. The van der Waals surface area contributed by atoms with Gasteiger partial charge < -0.3 is 15.8 Å². The summed E-state index contributed by atoms with van der Waals surface area (Å²) in [5.74, 6) is 0. The number of benzene rings is 1. The van der Waals surface area contributed by atoms with Crippen LogP contribution < -0.4 is 11.1 Å². The Kier molecular flexibility index (Phi) is 4.19. The number of para-hydroxylation sites is 1. The van der Waals surface area contributed by atoms with Gasteiger partial charge in [-0.15, -0.1) is 0 Å². The van der Waals surface area contributed by atoms with E-state index in [1.54, 1.807) is 0 Å². The fraction of sp³-hybridized carbons (Fsp3) is 0.300. The summed E-state index contributed by atoms with van der Waals surface area (Å²) >= 11 is 0. The van der Waals surface area contributed by atoms with Gasteiger partial charge in [-0.2, -0.15) is 13.2 Å². The molecule has 0 atom stereocenters. The molecule has 3 N–H and O–H groups in total. The molecule has 0 aromatic heterocycles. The monoisotopic (exact) mass is 248 g/mol. The minimum Gasteiger partial charge on any atom is -0.448 e. The third-order valence-corrected chi connectivity index (χ3v) is 1.89. The second kappa shape index (κ2) is 5.42. The molecule has 0 saturated carbocycles. The van der Waals surface area contributed by atoms with Gasteiger partial charge in [-0.05, 0) is 12.1 Å². The first-order chi connectivity index (χ1) is 7.91. The molecule has 94 valence electrons. The maximum Gasteiger partial charge on any atom is 0.418 e. The molecule has 1 rings (SSSR count). The highest BCUT2D eigenvalue weighted by Gasteiger charge is 2.32. The van der Waals surface area contributed by atoms with Crippen LogP contribution >= 0.6 is 0 Å². The van der Waals surface area contributed by atoms with Gasteiger partial charge >= 0.3 is 12.3 Å². The molecule has 0 bridgehead atoms. The minimum atomic E-state index is -4.42. The number of nitrogens with one attached hydrogen (secondary N) is 1. The van der Waals surface area contributed by atoms with Crippen molar-refractivity contribution in [1.82, 2.24) is 0 Å². The van der Waals surface area contributed by atoms with E-state index in [1.165, 1.54) is 18.2 Å². The lowest BCUT2D eigenvalue weighted by Crippen LogP contribution is -2.19. The zero-order valence-corrected chi connectivity index (χ0v) is 8.75. The average molecular weight is 248 g/mol. The van der Waals surface area contributed by atoms with Gasteiger partial charge in [0, 0.05) is 12.2 Å². The van der Waals surface area contributed by atoms with Crippen molar-refractivity contribution in [2.24, 2.45) is 5.73 Å². The molecule has 4 nitrogen and oxygen atoms in total. The number of rotatable bonds is 4.